The van der Waals surface area contributed by atoms with Gasteiger partial charge in [0.25, 0.3) is 0 Å². The molecule has 12 heavy (non-hydrogen) atoms. The minimum absolute atomic E-state index is 0. The molecule has 5 heteroatoms. The quantitative estimate of drug-likeness (QED) is 0.668. The summed E-state index contributed by atoms with van der Waals surface area (Å²) in [6.07, 6.45) is 0. The van der Waals surface area contributed by atoms with Crippen LogP contribution in [0.1, 0.15) is 5.56 Å². The highest BCUT2D eigenvalue weighted by Gasteiger charge is 1.72. The van der Waals surface area contributed by atoms with E-state index in [9.17, 15) is 0 Å². The van der Waals surface area contributed by atoms with Crippen molar-refractivity contribution in [1.82, 2.24) is 0 Å². The Bertz CT molecular complexity index is 142. The molecule has 0 bridgehead atoms. The Morgan fingerprint density at radius 1 is 0.667 bits per heavy atom. The second kappa shape index (κ2) is 17.7. The SMILES string of the molecule is Cc1ccccc1.Cl.Cl.Cl.Cl.Cl. The van der Waals surface area contributed by atoms with Crippen LogP contribution in [0.3, 0.4) is 0 Å². The van der Waals surface area contributed by atoms with Crippen LogP contribution in [0, 0.1) is 6.92 Å². The van der Waals surface area contributed by atoms with Crippen LogP contribution < -0.4 is 0 Å². The predicted octanol–water partition coefficient (Wildman–Crippen LogP) is 4.10. The van der Waals surface area contributed by atoms with Crippen LogP contribution in [0.4, 0.5) is 0 Å². The van der Waals surface area contributed by atoms with E-state index >= 15 is 0 Å². The molecule has 0 N–H and O–H groups in total. The molecule has 0 unspecified atom stereocenters. The molecule has 0 radical (unpaired) electrons. The number of benzene rings is 1. The van der Waals surface area contributed by atoms with Gasteiger partial charge in [0.15, 0.2) is 0 Å². The van der Waals surface area contributed by atoms with Crippen LogP contribution in [-0.2, 0) is 0 Å². The van der Waals surface area contributed by atoms with Crippen molar-refractivity contribution in [2.75, 3.05) is 0 Å². The zero-order valence-electron chi connectivity index (χ0n) is 6.43. The van der Waals surface area contributed by atoms with Crippen molar-refractivity contribution < 1.29 is 0 Å². The van der Waals surface area contributed by atoms with E-state index in [4.69, 9.17) is 0 Å². The average Bonchev–Trinajstić information content (AvgIpc) is 1.69. The zero-order chi connectivity index (χ0) is 5.11. The van der Waals surface area contributed by atoms with Gasteiger partial charge in [-0.3, -0.25) is 0 Å². The topological polar surface area (TPSA) is 0 Å². The van der Waals surface area contributed by atoms with Gasteiger partial charge in [0.2, 0.25) is 0 Å². The number of hydrogen-bond acceptors (Lipinski definition) is 0. The van der Waals surface area contributed by atoms with Crippen molar-refractivity contribution in [1.29, 1.82) is 0 Å². The van der Waals surface area contributed by atoms with Crippen LogP contribution >= 0.6 is 62.0 Å². The van der Waals surface area contributed by atoms with Crippen molar-refractivity contribution in [2.45, 2.75) is 6.92 Å². The summed E-state index contributed by atoms with van der Waals surface area (Å²) in [5, 5.41) is 0. The lowest BCUT2D eigenvalue weighted by molar-refractivity contribution is 1.48. The first kappa shape index (κ1) is 29.3. The van der Waals surface area contributed by atoms with Gasteiger partial charge in [0.1, 0.15) is 0 Å². The standard InChI is InChI=1S/C7H8.5ClH/c1-7-5-3-2-4-6-7;;;;;/h2-6H,1H3;5*1H. The molecule has 0 saturated carbocycles. The van der Waals surface area contributed by atoms with Gasteiger partial charge in [0.05, 0.1) is 0 Å². The number of aryl methyl sites for hydroxylation is 1. The van der Waals surface area contributed by atoms with E-state index in [-0.39, 0.29) is 62.0 Å². The Labute approximate surface area is 105 Å². The van der Waals surface area contributed by atoms with Crippen molar-refractivity contribution in [3.63, 3.8) is 0 Å². The van der Waals surface area contributed by atoms with Gasteiger partial charge >= 0.3 is 0 Å². The van der Waals surface area contributed by atoms with Crippen molar-refractivity contribution in [2.24, 2.45) is 0 Å². The van der Waals surface area contributed by atoms with Gasteiger partial charge in [-0.25, -0.2) is 0 Å². The molecule has 0 aromatic heterocycles. The van der Waals surface area contributed by atoms with Gasteiger partial charge in [-0.05, 0) is 6.92 Å². The fourth-order valence-electron chi connectivity index (χ4n) is 0.534. The van der Waals surface area contributed by atoms with Gasteiger partial charge < -0.3 is 0 Å². The molecule has 76 valence electrons. The maximum atomic E-state index is 2.08. The maximum absolute atomic E-state index is 2.08. The Kier molecular flexibility index (Phi) is 43.2. The van der Waals surface area contributed by atoms with E-state index in [0.717, 1.165) is 0 Å². The number of halogens is 5. The molecule has 0 amide bonds. The highest BCUT2D eigenvalue weighted by atomic mass is 35.5. The van der Waals surface area contributed by atoms with Crippen LogP contribution in [-0.4, -0.2) is 0 Å². The highest BCUT2D eigenvalue weighted by Crippen LogP contribution is 1.92. The molecular weight excluding hydrogens is 261 g/mol. The Morgan fingerprint density at radius 2 is 1.00 bits per heavy atom. The summed E-state index contributed by atoms with van der Waals surface area (Å²) in [4.78, 5) is 0. The molecule has 0 saturated heterocycles. The van der Waals surface area contributed by atoms with Gasteiger partial charge in [0, 0.05) is 0 Å². The lowest BCUT2D eigenvalue weighted by atomic mass is 10.2. The second-order valence-electron chi connectivity index (χ2n) is 1.65. The monoisotopic (exact) mass is 272 g/mol. The molecule has 0 aliphatic carbocycles. The fraction of sp³-hybridized carbons (Fsp3) is 0.143. The summed E-state index contributed by atoms with van der Waals surface area (Å²) in [6.45, 7) is 2.08. The molecular formula is C7H13Cl5. The Morgan fingerprint density at radius 3 is 1.17 bits per heavy atom. The minimum Gasteiger partial charge on any atom is -0.147 e. The molecule has 0 aliphatic rings. The normalized spacial score (nSPS) is 5.08. The smallest absolute Gasteiger partial charge is 0.0398 e. The number of rotatable bonds is 0. The average molecular weight is 274 g/mol. The summed E-state index contributed by atoms with van der Waals surface area (Å²) in [6, 6.07) is 10.3. The molecule has 0 spiro atoms. The Balaban J connectivity index is -0.0000000327. The summed E-state index contributed by atoms with van der Waals surface area (Å²) in [5.74, 6) is 0. The molecule has 1 aromatic rings. The van der Waals surface area contributed by atoms with Crippen LogP contribution in [0.15, 0.2) is 30.3 Å². The lowest BCUT2D eigenvalue weighted by Crippen LogP contribution is -1.62. The van der Waals surface area contributed by atoms with Gasteiger partial charge in [-0.15, -0.1) is 62.0 Å². The second-order valence-corrected chi connectivity index (χ2v) is 1.65. The third-order valence-electron chi connectivity index (χ3n) is 0.940. The summed E-state index contributed by atoms with van der Waals surface area (Å²) < 4.78 is 0. The fourth-order valence-corrected chi connectivity index (χ4v) is 0.534. The van der Waals surface area contributed by atoms with E-state index in [1.807, 2.05) is 18.2 Å². The summed E-state index contributed by atoms with van der Waals surface area (Å²) in [5.41, 5.74) is 1.32. The first-order valence-corrected chi connectivity index (χ1v) is 2.41. The third-order valence-corrected chi connectivity index (χ3v) is 0.940. The molecule has 0 nitrogen and oxygen atoms in total. The van der Waals surface area contributed by atoms with Crippen LogP contribution in [0.2, 0.25) is 0 Å². The summed E-state index contributed by atoms with van der Waals surface area (Å²) >= 11 is 0. The molecule has 0 fully saturated rings. The molecule has 0 heterocycles. The zero-order valence-corrected chi connectivity index (χ0v) is 10.5. The van der Waals surface area contributed by atoms with E-state index in [0.29, 0.717) is 0 Å². The molecule has 0 aliphatic heterocycles. The highest BCUT2D eigenvalue weighted by molar-refractivity contribution is 5.86. The first-order chi connectivity index (χ1) is 3.39. The van der Waals surface area contributed by atoms with E-state index in [1.165, 1.54) is 5.56 Å². The van der Waals surface area contributed by atoms with Gasteiger partial charge in [-0.1, -0.05) is 35.9 Å². The van der Waals surface area contributed by atoms with Crippen LogP contribution in [0.25, 0.3) is 0 Å². The first-order valence-electron chi connectivity index (χ1n) is 2.41. The Hall–Kier alpha value is 0.670. The van der Waals surface area contributed by atoms with Crippen LogP contribution in [0.5, 0.6) is 0 Å². The van der Waals surface area contributed by atoms with E-state index in [1.54, 1.807) is 0 Å². The minimum atomic E-state index is 0. The van der Waals surface area contributed by atoms with Crippen molar-refractivity contribution >= 4 is 62.0 Å². The third kappa shape index (κ3) is 13.3. The van der Waals surface area contributed by atoms with Crippen molar-refractivity contribution in [3.8, 4) is 0 Å². The van der Waals surface area contributed by atoms with Crippen molar-refractivity contribution in [3.05, 3.63) is 35.9 Å². The molecule has 1 aromatic carbocycles. The molecule has 1 rings (SSSR count). The maximum Gasteiger partial charge on any atom is -0.0398 e. The predicted molar refractivity (Wildman–Crippen MR) is 67.4 cm³/mol. The van der Waals surface area contributed by atoms with Gasteiger partial charge in [-0.2, -0.15) is 0 Å². The number of hydrogen-bond donors (Lipinski definition) is 0. The molecule has 0 atom stereocenters. The largest absolute Gasteiger partial charge is 0.147 e. The lowest BCUT2D eigenvalue weighted by Gasteiger charge is -1.82. The van der Waals surface area contributed by atoms with E-state index in [2.05, 4.69) is 19.1 Å². The van der Waals surface area contributed by atoms with E-state index < -0.39 is 0 Å². The summed E-state index contributed by atoms with van der Waals surface area (Å²) in [7, 11) is 0.